The van der Waals surface area contributed by atoms with Crippen molar-refractivity contribution in [2.45, 2.75) is 13.5 Å². The molecule has 0 saturated heterocycles. The van der Waals surface area contributed by atoms with E-state index in [2.05, 4.69) is 10.1 Å². The van der Waals surface area contributed by atoms with Crippen LogP contribution in [0, 0.1) is 12.7 Å². The maximum Gasteiger partial charge on any atom is 0.241 e. The van der Waals surface area contributed by atoms with Gasteiger partial charge in [-0.2, -0.15) is 4.98 Å². The van der Waals surface area contributed by atoms with Crippen molar-refractivity contribution in [2.24, 2.45) is 0 Å². The number of rotatable bonds is 7. The second-order valence-corrected chi connectivity index (χ2v) is 6.46. The van der Waals surface area contributed by atoms with Gasteiger partial charge in [-0.1, -0.05) is 35.0 Å². The third kappa shape index (κ3) is 4.80. The number of aromatic nitrogens is 2. The third-order valence-electron chi connectivity index (χ3n) is 3.84. The highest BCUT2D eigenvalue weighted by Gasteiger charge is 2.12. The van der Waals surface area contributed by atoms with Crippen LogP contribution in [0.3, 0.4) is 0 Å². The molecule has 0 unspecified atom stereocenters. The Morgan fingerprint density at radius 3 is 2.85 bits per heavy atom. The Labute approximate surface area is 156 Å². The van der Waals surface area contributed by atoms with Gasteiger partial charge in [0.2, 0.25) is 11.7 Å². The second kappa shape index (κ2) is 8.29. The third-order valence-corrected chi connectivity index (χ3v) is 4.08. The molecule has 1 aromatic heterocycles. The highest BCUT2D eigenvalue weighted by molar-refractivity contribution is 6.30. The van der Waals surface area contributed by atoms with Gasteiger partial charge in [-0.3, -0.25) is 4.90 Å². The number of benzene rings is 2. The summed E-state index contributed by atoms with van der Waals surface area (Å²) in [7, 11) is 1.93. The van der Waals surface area contributed by atoms with E-state index in [-0.39, 0.29) is 5.82 Å². The molecule has 0 bridgehead atoms. The first kappa shape index (κ1) is 18.4. The Kier molecular flexibility index (Phi) is 5.85. The summed E-state index contributed by atoms with van der Waals surface area (Å²) in [5.41, 5.74) is 1.17. The number of hydrogen-bond donors (Lipinski definition) is 0. The number of ether oxygens (including phenoxy) is 1. The first-order valence-corrected chi connectivity index (χ1v) is 8.55. The van der Waals surface area contributed by atoms with Gasteiger partial charge in [-0.25, -0.2) is 4.39 Å². The van der Waals surface area contributed by atoms with E-state index >= 15 is 0 Å². The zero-order valence-electron chi connectivity index (χ0n) is 14.6. The first-order chi connectivity index (χ1) is 12.5. The van der Waals surface area contributed by atoms with Gasteiger partial charge >= 0.3 is 0 Å². The molecule has 5 nitrogen and oxygen atoms in total. The Bertz CT molecular complexity index is 885. The summed E-state index contributed by atoms with van der Waals surface area (Å²) in [5.74, 6) is 1.28. The van der Waals surface area contributed by atoms with Crippen LogP contribution in [-0.2, 0) is 6.54 Å². The molecule has 3 rings (SSSR count). The van der Waals surface area contributed by atoms with E-state index < -0.39 is 0 Å². The molecule has 0 aliphatic rings. The molecule has 0 aliphatic carbocycles. The fourth-order valence-electron chi connectivity index (χ4n) is 2.35. The van der Waals surface area contributed by atoms with E-state index in [1.54, 1.807) is 31.2 Å². The fraction of sp³-hybridized carbons (Fsp3) is 0.263. The minimum atomic E-state index is -0.288. The molecule has 136 valence electrons. The lowest BCUT2D eigenvalue weighted by molar-refractivity contribution is 0.213. The summed E-state index contributed by atoms with van der Waals surface area (Å²) >= 11 is 5.92. The van der Waals surface area contributed by atoms with Gasteiger partial charge in [0.1, 0.15) is 18.2 Å². The fourth-order valence-corrected chi connectivity index (χ4v) is 2.53. The van der Waals surface area contributed by atoms with Gasteiger partial charge in [0.25, 0.3) is 0 Å². The van der Waals surface area contributed by atoms with Crippen molar-refractivity contribution >= 4 is 11.6 Å². The zero-order chi connectivity index (χ0) is 18.5. The van der Waals surface area contributed by atoms with Gasteiger partial charge in [0.05, 0.1) is 6.54 Å². The molecule has 1 heterocycles. The molecule has 0 aliphatic heterocycles. The van der Waals surface area contributed by atoms with E-state index in [1.165, 1.54) is 6.07 Å². The number of halogens is 2. The first-order valence-electron chi connectivity index (χ1n) is 8.17. The summed E-state index contributed by atoms with van der Waals surface area (Å²) in [4.78, 5) is 6.32. The Balaban J connectivity index is 1.52. The molecule has 3 aromatic rings. The number of aryl methyl sites for hydroxylation is 1. The molecule has 2 aromatic carbocycles. The molecule has 0 saturated carbocycles. The smallest absolute Gasteiger partial charge is 0.241 e. The predicted octanol–water partition coefficient (Wildman–Crippen LogP) is 4.35. The van der Waals surface area contributed by atoms with Crippen molar-refractivity contribution in [1.82, 2.24) is 15.0 Å². The molecule has 0 amide bonds. The predicted molar refractivity (Wildman–Crippen MR) is 97.7 cm³/mol. The van der Waals surface area contributed by atoms with Gasteiger partial charge in [0.15, 0.2) is 0 Å². The minimum Gasteiger partial charge on any atom is -0.492 e. The topological polar surface area (TPSA) is 51.4 Å². The van der Waals surface area contributed by atoms with Crippen LogP contribution in [0.2, 0.25) is 5.02 Å². The van der Waals surface area contributed by atoms with Gasteiger partial charge in [-0.15, -0.1) is 0 Å². The maximum absolute atomic E-state index is 13.7. The Morgan fingerprint density at radius 1 is 1.23 bits per heavy atom. The van der Waals surface area contributed by atoms with Crippen LogP contribution in [0.1, 0.15) is 11.5 Å². The number of likely N-dealkylation sites (N-methyl/N-ethyl adjacent to an activating group) is 1. The molecular formula is C19H19ClFN3O2. The van der Waals surface area contributed by atoms with Crippen LogP contribution in [-0.4, -0.2) is 35.2 Å². The summed E-state index contributed by atoms with van der Waals surface area (Å²) in [5, 5.41) is 4.56. The van der Waals surface area contributed by atoms with Crippen molar-refractivity contribution in [3.05, 3.63) is 64.8 Å². The van der Waals surface area contributed by atoms with Crippen LogP contribution >= 0.6 is 11.6 Å². The van der Waals surface area contributed by atoms with Crippen molar-refractivity contribution in [2.75, 3.05) is 20.2 Å². The Hall–Kier alpha value is -2.44. The van der Waals surface area contributed by atoms with Crippen LogP contribution < -0.4 is 4.74 Å². The quantitative estimate of drug-likeness (QED) is 0.614. The highest BCUT2D eigenvalue weighted by atomic mass is 35.5. The average molecular weight is 376 g/mol. The molecule has 0 N–H and O–H groups in total. The monoisotopic (exact) mass is 375 g/mol. The average Bonchev–Trinajstić information content (AvgIpc) is 3.06. The molecular weight excluding hydrogens is 357 g/mol. The highest BCUT2D eigenvalue weighted by Crippen LogP contribution is 2.19. The van der Waals surface area contributed by atoms with Gasteiger partial charge in [0, 0.05) is 17.1 Å². The lowest BCUT2D eigenvalue weighted by Crippen LogP contribution is -2.24. The summed E-state index contributed by atoms with van der Waals surface area (Å²) < 4.78 is 24.6. The SMILES string of the molecule is Cc1ccc(-c2noc(CN(C)CCOc3cccc(Cl)c3)n2)cc1F. The lowest BCUT2D eigenvalue weighted by atomic mass is 10.1. The van der Waals surface area contributed by atoms with Crippen molar-refractivity contribution in [3.63, 3.8) is 0 Å². The maximum atomic E-state index is 13.7. The molecule has 0 radical (unpaired) electrons. The van der Waals surface area contributed by atoms with Crippen molar-refractivity contribution in [1.29, 1.82) is 0 Å². The van der Waals surface area contributed by atoms with Crippen LogP contribution in [0.4, 0.5) is 4.39 Å². The van der Waals surface area contributed by atoms with Crippen LogP contribution in [0.5, 0.6) is 5.75 Å². The second-order valence-electron chi connectivity index (χ2n) is 6.02. The molecule has 0 fully saturated rings. The largest absolute Gasteiger partial charge is 0.492 e. The normalized spacial score (nSPS) is 11.1. The molecule has 7 heteroatoms. The number of hydrogen-bond acceptors (Lipinski definition) is 5. The number of nitrogens with zero attached hydrogens (tertiary/aromatic N) is 3. The van der Waals surface area contributed by atoms with E-state index in [0.717, 1.165) is 5.75 Å². The summed E-state index contributed by atoms with van der Waals surface area (Å²) in [6, 6.07) is 12.1. The standard InChI is InChI=1S/C19H19ClFN3O2/c1-13-6-7-14(10-17(13)21)19-22-18(26-23-19)12-24(2)8-9-25-16-5-3-4-15(20)11-16/h3-7,10-11H,8-9,12H2,1-2H3. The van der Waals surface area contributed by atoms with Crippen LogP contribution in [0.25, 0.3) is 11.4 Å². The van der Waals surface area contributed by atoms with E-state index in [1.807, 2.05) is 24.1 Å². The van der Waals surface area contributed by atoms with E-state index in [9.17, 15) is 4.39 Å². The van der Waals surface area contributed by atoms with Gasteiger partial charge in [-0.05, 0) is 43.8 Å². The summed E-state index contributed by atoms with van der Waals surface area (Å²) in [6.45, 7) is 3.35. The zero-order valence-corrected chi connectivity index (χ0v) is 15.3. The van der Waals surface area contributed by atoms with Gasteiger partial charge < -0.3 is 9.26 Å². The summed E-state index contributed by atoms with van der Waals surface area (Å²) in [6.07, 6.45) is 0. The molecule has 26 heavy (non-hydrogen) atoms. The van der Waals surface area contributed by atoms with E-state index in [4.69, 9.17) is 20.9 Å². The van der Waals surface area contributed by atoms with E-state index in [0.29, 0.717) is 47.6 Å². The Morgan fingerprint density at radius 2 is 2.08 bits per heavy atom. The lowest BCUT2D eigenvalue weighted by Gasteiger charge is -2.14. The molecule has 0 atom stereocenters. The van der Waals surface area contributed by atoms with Crippen molar-refractivity contribution < 1.29 is 13.7 Å². The van der Waals surface area contributed by atoms with Crippen LogP contribution in [0.15, 0.2) is 47.0 Å². The minimum absolute atomic E-state index is 0.288. The van der Waals surface area contributed by atoms with Crippen molar-refractivity contribution in [3.8, 4) is 17.1 Å². The molecule has 0 spiro atoms.